The number of rotatable bonds is 3. The molecule has 2 aromatic heterocycles. The number of aryl methyl sites for hydroxylation is 1. The first-order valence-corrected chi connectivity index (χ1v) is 6.57. The number of aromatic amines is 1. The van der Waals surface area contributed by atoms with Gasteiger partial charge in [-0.2, -0.15) is 4.98 Å². The van der Waals surface area contributed by atoms with Crippen LogP contribution in [-0.2, 0) is 0 Å². The third-order valence-corrected chi connectivity index (χ3v) is 3.48. The molecule has 7 heteroatoms. The van der Waals surface area contributed by atoms with Crippen LogP contribution in [0.4, 0.5) is 5.95 Å². The molecule has 7 nitrogen and oxygen atoms in total. The number of aromatic nitrogens is 4. The average molecular weight is 262 g/mol. The van der Waals surface area contributed by atoms with E-state index in [4.69, 9.17) is 10.3 Å². The van der Waals surface area contributed by atoms with E-state index in [1.165, 1.54) is 6.42 Å². The average Bonchev–Trinajstić information content (AvgIpc) is 3.07. The van der Waals surface area contributed by atoms with E-state index < -0.39 is 0 Å². The van der Waals surface area contributed by atoms with Gasteiger partial charge < -0.3 is 15.2 Å². The summed E-state index contributed by atoms with van der Waals surface area (Å²) in [4.78, 5) is 6.66. The fourth-order valence-electron chi connectivity index (χ4n) is 2.43. The van der Waals surface area contributed by atoms with E-state index in [1.54, 1.807) is 0 Å². The van der Waals surface area contributed by atoms with Crippen molar-refractivity contribution in [3.05, 3.63) is 11.8 Å². The molecule has 1 aliphatic heterocycles. The van der Waals surface area contributed by atoms with E-state index in [0.717, 1.165) is 31.8 Å². The van der Waals surface area contributed by atoms with Crippen molar-refractivity contribution in [2.45, 2.75) is 19.8 Å². The first-order chi connectivity index (χ1) is 9.26. The second-order valence-electron chi connectivity index (χ2n) is 5.00. The summed E-state index contributed by atoms with van der Waals surface area (Å²) in [5, 5.41) is 11.1. The van der Waals surface area contributed by atoms with Crippen molar-refractivity contribution in [1.29, 1.82) is 0 Å². The number of piperidine rings is 1. The van der Waals surface area contributed by atoms with Crippen LogP contribution in [0.5, 0.6) is 0 Å². The van der Waals surface area contributed by atoms with Crippen LogP contribution in [0.1, 0.15) is 18.6 Å². The maximum Gasteiger partial charge on any atom is 0.245 e. The van der Waals surface area contributed by atoms with Crippen molar-refractivity contribution in [2.24, 2.45) is 11.7 Å². The van der Waals surface area contributed by atoms with Gasteiger partial charge in [0.05, 0.1) is 0 Å². The molecule has 1 saturated heterocycles. The predicted molar refractivity (Wildman–Crippen MR) is 70.6 cm³/mol. The Labute approximate surface area is 111 Å². The highest BCUT2D eigenvalue weighted by atomic mass is 16.5. The van der Waals surface area contributed by atoms with E-state index in [9.17, 15) is 0 Å². The number of H-pyrrole nitrogens is 1. The number of hydrogen-bond acceptors (Lipinski definition) is 6. The second-order valence-corrected chi connectivity index (χ2v) is 5.00. The Morgan fingerprint density at radius 3 is 3.21 bits per heavy atom. The number of nitrogens with two attached hydrogens (primary N) is 1. The first-order valence-electron chi connectivity index (χ1n) is 6.57. The molecule has 0 bridgehead atoms. The van der Waals surface area contributed by atoms with E-state index in [1.807, 2.05) is 13.0 Å². The van der Waals surface area contributed by atoms with Crippen LogP contribution in [0.25, 0.3) is 11.5 Å². The fourth-order valence-corrected chi connectivity index (χ4v) is 2.43. The maximum atomic E-state index is 5.74. The molecule has 0 aliphatic carbocycles. The van der Waals surface area contributed by atoms with Gasteiger partial charge in [-0.05, 0) is 32.2 Å². The summed E-state index contributed by atoms with van der Waals surface area (Å²) in [5.74, 6) is 2.65. The summed E-state index contributed by atoms with van der Waals surface area (Å²) >= 11 is 0. The van der Waals surface area contributed by atoms with Crippen LogP contribution in [-0.4, -0.2) is 40.0 Å². The van der Waals surface area contributed by atoms with Crippen LogP contribution < -0.4 is 10.6 Å². The van der Waals surface area contributed by atoms with Gasteiger partial charge in [-0.25, -0.2) is 0 Å². The highest BCUT2D eigenvalue weighted by Gasteiger charge is 2.22. The highest BCUT2D eigenvalue weighted by Crippen LogP contribution is 2.22. The number of nitrogens with zero attached hydrogens (tertiary/aromatic N) is 4. The zero-order valence-corrected chi connectivity index (χ0v) is 11.0. The standard InChI is InChI=1S/C12H18N6O/c1-8-5-10(17-19-8)11-14-12(16-15-11)18-4-2-3-9(6-13)7-18/h5,9H,2-4,6-7,13H2,1H3,(H,14,15,16). The van der Waals surface area contributed by atoms with Gasteiger partial charge in [-0.1, -0.05) is 5.16 Å². The number of hydrogen-bond donors (Lipinski definition) is 2. The quantitative estimate of drug-likeness (QED) is 0.854. The summed E-state index contributed by atoms with van der Waals surface area (Å²) in [7, 11) is 0. The SMILES string of the molecule is Cc1cc(-c2nc(N3CCCC(CN)C3)n[nH]2)no1. The highest BCUT2D eigenvalue weighted by molar-refractivity contribution is 5.50. The lowest BCUT2D eigenvalue weighted by atomic mass is 9.99. The van der Waals surface area contributed by atoms with Gasteiger partial charge in [0, 0.05) is 19.2 Å². The maximum absolute atomic E-state index is 5.74. The van der Waals surface area contributed by atoms with Crippen LogP contribution in [0.15, 0.2) is 10.6 Å². The Bertz CT molecular complexity index is 548. The second kappa shape index (κ2) is 5.00. The molecular formula is C12H18N6O. The van der Waals surface area contributed by atoms with Gasteiger partial charge in [0.1, 0.15) is 5.76 Å². The van der Waals surface area contributed by atoms with Gasteiger partial charge in [-0.15, -0.1) is 5.10 Å². The van der Waals surface area contributed by atoms with Crippen LogP contribution in [0.2, 0.25) is 0 Å². The Kier molecular flexibility index (Phi) is 3.20. The van der Waals surface area contributed by atoms with Crippen molar-refractivity contribution in [3.8, 4) is 11.5 Å². The topological polar surface area (TPSA) is 96.9 Å². The zero-order chi connectivity index (χ0) is 13.2. The lowest BCUT2D eigenvalue weighted by molar-refractivity contribution is 0.399. The first kappa shape index (κ1) is 12.2. The van der Waals surface area contributed by atoms with Gasteiger partial charge >= 0.3 is 0 Å². The van der Waals surface area contributed by atoms with E-state index in [0.29, 0.717) is 23.4 Å². The monoisotopic (exact) mass is 262 g/mol. The van der Waals surface area contributed by atoms with Crippen molar-refractivity contribution < 1.29 is 4.52 Å². The fraction of sp³-hybridized carbons (Fsp3) is 0.583. The Hall–Kier alpha value is -1.89. The molecular weight excluding hydrogens is 244 g/mol. The minimum Gasteiger partial charge on any atom is -0.361 e. The molecule has 1 atom stereocenters. The summed E-state index contributed by atoms with van der Waals surface area (Å²) in [6.45, 7) is 4.47. The van der Waals surface area contributed by atoms with Gasteiger partial charge in [-0.3, -0.25) is 5.10 Å². The molecule has 19 heavy (non-hydrogen) atoms. The number of anilines is 1. The largest absolute Gasteiger partial charge is 0.361 e. The molecule has 2 aromatic rings. The summed E-state index contributed by atoms with van der Waals surface area (Å²) in [6.07, 6.45) is 2.32. The van der Waals surface area contributed by atoms with Gasteiger partial charge in [0.25, 0.3) is 0 Å². The molecule has 3 heterocycles. The van der Waals surface area contributed by atoms with Crippen LogP contribution >= 0.6 is 0 Å². The summed E-state index contributed by atoms with van der Waals surface area (Å²) < 4.78 is 5.04. The molecule has 0 aromatic carbocycles. The van der Waals surface area contributed by atoms with E-state index in [2.05, 4.69) is 25.2 Å². The molecule has 0 amide bonds. The third-order valence-electron chi connectivity index (χ3n) is 3.48. The molecule has 1 aliphatic rings. The van der Waals surface area contributed by atoms with Crippen molar-refractivity contribution in [1.82, 2.24) is 20.3 Å². The Morgan fingerprint density at radius 1 is 1.58 bits per heavy atom. The molecule has 1 unspecified atom stereocenters. The van der Waals surface area contributed by atoms with Crippen molar-refractivity contribution in [2.75, 3.05) is 24.5 Å². The van der Waals surface area contributed by atoms with Gasteiger partial charge in [0.15, 0.2) is 11.5 Å². The molecule has 0 radical (unpaired) electrons. The Morgan fingerprint density at radius 2 is 2.47 bits per heavy atom. The van der Waals surface area contributed by atoms with E-state index >= 15 is 0 Å². The summed E-state index contributed by atoms with van der Waals surface area (Å²) in [5.41, 5.74) is 6.43. The molecule has 3 N–H and O–H groups in total. The van der Waals surface area contributed by atoms with Gasteiger partial charge in [0.2, 0.25) is 5.95 Å². The lowest BCUT2D eigenvalue weighted by Gasteiger charge is -2.31. The molecule has 1 fully saturated rings. The predicted octanol–water partition coefficient (Wildman–Crippen LogP) is 0.943. The van der Waals surface area contributed by atoms with Crippen LogP contribution in [0.3, 0.4) is 0 Å². The molecule has 0 saturated carbocycles. The molecule has 102 valence electrons. The van der Waals surface area contributed by atoms with Crippen molar-refractivity contribution >= 4 is 5.95 Å². The summed E-state index contributed by atoms with van der Waals surface area (Å²) in [6, 6.07) is 1.84. The lowest BCUT2D eigenvalue weighted by Crippen LogP contribution is -2.38. The Balaban J connectivity index is 1.77. The normalized spacial score (nSPS) is 19.9. The molecule has 3 rings (SSSR count). The van der Waals surface area contributed by atoms with E-state index in [-0.39, 0.29) is 0 Å². The third kappa shape index (κ3) is 2.46. The van der Waals surface area contributed by atoms with Crippen LogP contribution in [0, 0.1) is 12.8 Å². The minimum atomic E-state index is 0.532. The molecule has 0 spiro atoms. The zero-order valence-electron chi connectivity index (χ0n) is 11.0. The smallest absolute Gasteiger partial charge is 0.245 e. The minimum absolute atomic E-state index is 0.532. The van der Waals surface area contributed by atoms with Crippen molar-refractivity contribution in [3.63, 3.8) is 0 Å². The number of nitrogens with one attached hydrogen (secondary N) is 1.